The lowest BCUT2D eigenvalue weighted by molar-refractivity contribution is -0.121. The number of amides is 1. The number of carbonyl (C=O) groups is 1. The summed E-state index contributed by atoms with van der Waals surface area (Å²) in [7, 11) is 0. The molecule has 1 aromatic heterocycles. The Labute approximate surface area is 116 Å². The van der Waals surface area contributed by atoms with Crippen LogP contribution in [0.2, 0.25) is 0 Å². The van der Waals surface area contributed by atoms with Crippen LogP contribution in [0.5, 0.6) is 0 Å². The number of aromatic nitrogens is 2. The van der Waals surface area contributed by atoms with Crippen LogP contribution in [0.1, 0.15) is 25.8 Å². The molecule has 1 aliphatic rings. The largest absolute Gasteiger partial charge is 0.370 e. The van der Waals surface area contributed by atoms with Crippen LogP contribution < -0.4 is 11.1 Å². The van der Waals surface area contributed by atoms with Gasteiger partial charge in [-0.15, -0.1) is 0 Å². The van der Waals surface area contributed by atoms with Gasteiger partial charge in [-0.2, -0.15) is 5.10 Å². The van der Waals surface area contributed by atoms with Crippen molar-refractivity contribution in [2.45, 2.75) is 32.4 Å². The van der Waals surface area contributed by atoms with E-state index in [0.29, 0.717) is 6.42 Å². The molecule has 0 bridgehead atoms. The Kier molecular flexibility index (Phi) is 2.74. The van der Waals surface area contributed by atoms with Crippen LogP contribution in [0.15, 0.2) is 29.4 Å². The summed E-state index contributed by atoms with van der Waals surface area (Å²) in [5.74, 6) is 0.0671. The maximum Gasteiger partial charge on any atom is 0.229 e. The van der Waals surface area contributed by atoms with Crippen LogP contribution in [-0.2, 0) is 16.9 Å². The molecule has 0 unspecified atom stereocenters. The predicted molar refractivity (Wildman–Crippen MR) is 77.1 cm³/mol. The summed E-state index contributed by atoms with van der Waals surface area (Å²) in [6.07, 6.45) is 2.29. The second-order valence-electron chi connectivity index (χ2n) is 5.25. The maximum absolute atomic E-state index is 11.7. The fourth-order valence-corrected chi connectivity index (χ4v) is 2.57. The van der Waals surface area contributed by atoms with Crippen molar-refractivity contribution in [3.8, 4) is 0 Å². The zero-order valence-corrected chi connectivity index (χ0v) is 11.6. The Morgan fingerprint density at radius 3 is 3.00 bits per heavy atom. The Hall–Kier alpha value is -2.37. The molecular formula is C14H17N5O. The Morgan fingerprint density at radius 1 is 1.50 bits per heavy atom. The number of carbonyl (C=O) groups excluding carboxylic acids is 1. The molecule has 2 aromatic rings. The third kappa shape index (κ3) is 2.03. The van der Waals surface area contributed by atoms with E-state index in [1.807, 2.05) is 42.9 Å². The van der Waals surface area contributed by atoms with E-state index in [2.05, 4.69) is 15.4 Å². The molecule has 20 heavy (non-hydrogen) atoms. The van der Waals surface area contributed by atoms with Gasteiger partial charge in [-0.3, -0.25) is 14.8 Å². The highest BCUT2D eigenvalue weighted by atomic mass is 16.1. The van der Waals surface area contributed by atoms with Gasteiger partial charge in [0, 0.05) is 18.1 Å². The summed E-state index contributed by atoms with van der Waals surface area (Å²) in [5.41, 5.74) is 6.97. The van der Waals surface area contributed by atoms with Crippen molar-refractivity contribution < 1.29 is 4.79 Å². The van der Waals surface area contributed by atoms with E-state index in [1.54, 1.807) is 0 Å². The van der Waals surface area contributed by atoms with E-state index in [-0.39, 0.29) is 11.9 Å². The molecule has 0 saturated heterocycles. The highest BCUT2D eigenvalue weighted by Gasteiger charge is 2.33. The molecule has 0 spiro atoms. The predicted octanol–water partition coefficient (Wildman–Crippen LogP) is 1.11. The van der Waals surface area contributed by atoms with Gasteiger partial charge in [-0.05, 0) is 31.5 Å². The molecule has 0 radical (unpaired) electrons. The molecule has 6 nitrogen and oxygen atoms in total. The molecule has 2 heterocycles. The minimum absolute atomic E-state index is 0.107. The van der Waals surface area contributed by atoms with Crippen LogP contribution in [0.4, 0.5) is 0 Å². The minimum Gasteiger partial charge on any atom is -0.370 e. The number of nitrogens with zero attached hydrogens (tertiary/aromatic N) is 3. The number of rotatable bonds is 2. The number of nitrogens with one attached hydrogen (secondary N) is 1. The second-order valence-corrected chi connectivity index (χ2v) is 5.25. The van der Waals surface area contributed by atoms with E-state index < -0.39 is 5.54 Å². The zero-order chi connectivity index (χ0) is 14.3. The molecule has 0 aliphatic carbocycles. The van der Waals surface area contributed by atoms with Crippen molar-refractivity contribution in [1.82, 2.24) is 15.1 Å². The molecule has 3 rings (SSSR count). The maximum atomic E-state index is 11.7. The molecular weight excluding hydrogens is 254 g/mol. The molecule has 104 valence electrons. The van der Waals surface area contributed by atoms with Gasteiger partial charge in [-0.1, -0.05) is 6.07 Å². The van der Waals surface area contributed by atoms with Crippen LogP contribution in [0, 0.1) is 0 Å². The number of hydrogen-bond donors (Lipinski definition) is 2. The first-order valence-electron chi connectivity index (χ1n) is 6.63. The van der Waals surface area contributed by atoms with E-state index in [9.17, 15) is 4.79 Å². The fourth-order valence-electron chi connectivity index (χ4n) is 2.57. The lowest BCUT2D eigenvalue weighted by Crippen LogP contribution is -2.46. The highest BCUT2D eigenvalue weighted by Crippen LogP contribution is 2.32. The van der Waals surface area contributed by atoms with Gasteiger partial charge in [0.15, 0.2) is 5.96 Å². The average molecular weight is 271 g/mol. The first-order chi connectivity index (χ1) is 9.50. The molecule has 1 aliphatic heterocycles. The van der Waals surface area contributed by atoms with E-state index >= 15 is 0 Å². The monoisotopic (exact) mass is 271 g/mol. The summed E-state index contributed by atoms with van der Waals surface area (Å²) in [5, 5.41) is 8.02. The van der Waals surface area contributed by atoms with Gasteiger partial charge in [0.05, 0.1) is 17.5 Å². The van der Waals surface area contributed by atoms with Crippen molar-refractivity contribution in [3.63, 3.8) is 0 Å². The highest BCUT2D eigenvalue weighted by molar-refractivity contribution is 5.99. The van der Waals surface area contributed by atoms with E-state index in [0.717, 1.165) is 23.0 Å². The quantitative estimate of drug-likeness (QED) is 0.857. The molecule has 1 amide bonds. The van der Waals surface area contributed by atoms with Crippen LogP contribution in [0.3, 0.4) is 0 Å². The Balaban J connectivity index is 2.09. The second kappa shape index (κ2) is 4.33. The molecule has 6 heteroatoms. The van der Waals surface area contributed by atoms with E-state index in [1.165, 1.54) is 0 Å². The Morgan fingerprint density at radius 2 is 2.30 bits per heavy atom. The normalized spacial score (nSPS) is 22.7. The number of nitrogens with two attached hydrogens (primary N) is 1. The lowest BCUT2D eigenvalue weighted by atomic mass is 9.87. The van der Waals surface area contributed by atoms with Gasteiger partial charge in [0.2, 0.25) is 5.91 Å². The fraction of sp³-hybridized carbons (Fsp3) is 0.357. The first kappa shape index (κ1) is 12.7. The van der Waals surface area contributed by atoms with Crippen LogP contribution >= 0.6 is 0 Å². The third-order valence-corrected chi connectivity index (χ3v) is 3.64. The van der Waals surface area contributed by atoms with Gasteiger partial charge >= 0.3 is 0 Å². The lowest BCUT2D eigenvalue weighted by Gasteiger charge is -2.29. The molecule has 1 aromatic carbocycles. The summed E-state index contributed by atoms with van der Waals surface area (Å²) in [6.45, 7) is 4.80. The van der Waals surface area contributed by atoms with E-state index in [4.69, 9.17) is 5.73 Å². The summed E-state index contributed by atoms with van der Waals surface area (Å²) < 4.78 is 1.89. The number of aliphatic imine (C=N–C) groups is 1. The van der Waals surface area contributed by atoms with Gasteiger partial charge in [0.1, 0.15) is 0 Å². The van der Waals surface area contributed by atoms with Crippen molar-refractivity contribution in [1.29, 1.82) is 0 Å². The van der Waals surface area contributed by atoms with Crippen molar-refractivity contribution >= 4 is 22.8 Å². The number of guanidine groups is 1. The summed E-state index contributed by atoms with van der Waals surface area (Å²) >= 11 is 0. The first-order valence-corrected chi connectivity index (χ1v) is 6.63. The minimum atomic E-state index is -0.616. The smallest absolute Gasteiger partial charge is 0.229 e. The molecule has 3 N–H and O–H groups in total. The van der Waals surface area contributed by atoms with Crippen molar-refractivity contribution in [2.24, 2.45) is 10.7 Å². The number of benzene rings is 1. The number of fused-ring (bicyclic) bond motifs is 1. The third-order valence-electron chi connectivity index (χ3n) is 3.64. The van der Waals surface area contributed by atoms with Crippen LogP contribution in [0.25, 0.3) is 10.9 Å². The van der Waals surface area contributed by atoms with Gasteiger partial charge < -0.3 is 5.73 Å². The van der Waals surface area contributed by atoms with Crippen LogP contribution in [-0.4, -0.2) is 21.6 Å². The molecule has 1 atom stereocenters. The van der Waals surface area contributed by atoms with Gasteiger partial charge in [-0.25, -0.2) is 4.99 Å². The standard InChI is InChI=1S/C14H17N5O/c1-3-19-8-9-6-10(4-5-11(9)18-19)14(2)7-12(20)16-13(15)17-14/h4-6,8H,3,7H2,1-2H3,(H3,15,16,17,20)/t14-/m0/s1. The molecule has 0 fully saturated rings. The number of aryl methyl sites for hydroxylation is 1. The molecule has 0 saturated carbocycles. The van der Waals surface area contributed by atoms with Crippen molar-refractivity contribution in [2.75, 3.05) is 0 Å². The average Bonchev–Trinajstić information content (AvgIpc) is 2.78. The topological polar surface area (TPSA) is 85.3 Å². The van der Waals surface area contributed by atoms with Crippen molar-refractivity contribution in [3.05, 3.63) is 30.0 Å². The SMILES string of the molecule is CCn1cc2cc([C@]3(C)CC(=O)NC(N)=N3)ccc2n1. The number of hydrogen-bond acceptors (Lipinski definition) is 4. The Bertz CT molecular complexity index is 717. The van der Waals surface area contributed by atoms with Gasteiger partial charge in [0.25, 0.3) is 0 Å². The summed E-state index contributed by atoms with van der Waals surface area (Å²) in [4.78, 5) is 16.1. The zero-order valence-electron chi connectivity index (χ0n) is 11.6. The summed E-state index contributed by atoms with van der Waals surface area (Å²) in [6, 6.07) is 5.95.